The van der Waals surface area contributed by atoms with Gasteiger partial charge in [0.05, 0.1) is 23.7 Å². The van der Waals surface area contributed by atoms with E-state index in [0.29, 0.717) is 41.8 Å². The number of amides is 3. The van der Waals surface area contributed by atoms with Crippen molar-refractivity contribution < 1.29 is 18.7 Å². The van der Waals surface area contributed by atoms with Crippen molar-refractivity contribution in [2.75, 3.05) is 30.3 Å². The van der Waals surface area contributed by atoms with Gasteiger partial charge in [0.1, 0.15) is 23.9 Å². The maximum absolute atomic E-state index is 13.6. The van der Waals surface area contributed by atoms with Crippen LogP contribution in [0.2, 0.25) is 0 Å². The van der Waals surface area contributed by atoms with Crippen molar-refractivity contribution >= 4 is 23.4 Å². The Balaban J connectivity index is 1.55. The number of benzene rings is 3. The minimum absolute atomic E-state index is 0.165. The van der Waals surface area contributed by atoms with Crippen molar-refractivity contribution in [1.29, 1.82) is 0 Å². The van der Waals surface area contributed by atoms with Crippen LogP contribution in [0.4, 0.5) is 20.7 Å². The molecule has 0 unspecified atom stereocenters. The summed E-state index contributed by atoms with van der Waals surface area (Å²) in [7, 11) is 0. The number of urea groups is 1. The third-order valence-electron chi connectivity index (χ3n) is 6.20. The lowest BCUT2D eigenvalue weighted by Crippen LogP contribution is -2.41. The molecule has 4 rings (SSSR count). The molecule has 9 heteroatoms. The number of aromatic nitrogens is 2. The van der Waals surface area contributed by atoms with E-state index < -0.39 is 6.03 Å². The summed E-state index contributed by atoms with van der Waals surface area (Å²) >= 11 is 0. The average Bonchev–Trinajstić information content (AvgIpc) is 3.38. The quantitative estimate of drug-likeness (QED) is 0.194. The van der Waals surface area contributed by atoms with Gasteiger partial charge in [-0.25, -0.2) is 13.9 Å². The zero-order valence-electron chi connectivity index (χ0n) is 22.8. The van der Waals surface area contributed by atoms with E-state index in [9.17, 15) is 14.0 Å². The Labute approximate surface area is 233 Å². The van der Waals surface area contributed by atoms with Crippen LogP contribution < -0.4 is 15.4 Å². The molecule has 1 aromatic heterocycles. The molecule has 0 spiro atoms. The van der Waals surface area contributed by atoms with Crippen LogP contribution in [-0.4, -0.2) is 46.3 Å². The normalized spacial score (nSPS) is 10.7. The molecule has 40 heavy (non-hydrogen) atoms. The third kappa shape index (κ3) is 7.47. The Bertz CT molecular complexity index is 1410. The molecular weight excluding hydrogens is 509 g/mol. The van der Waals surface area contributed by atoms with Crippen LogP contribution in [-0.2, 0) is 4.79 Å². The number of hydrogen-bond donors (Lipinski definition) is 2. The molecule has 0 bridgehead atoms. The van der Waals surface area contributed by atoms with Gasteiger partial charge in [-0.3, -0.25) is 4.79 Å². The van der Waals surface area contributed by atoms with E-state index >= 15 is 0 Å². The first-order valence-electron chi connectivity index (χ1n) is 13.5. The standard InChI is InChI=1S/C31H34FN5O3/c1-3-5-11-20-36(31(39)33-26-14-9-10-15-28(26)40-4-2)22-30(38)34-29-21-27(23-12-7-6-8-13-23)35-37(29)25-18-16-24(32)17-19-25/h6-10,12-19,21H,3-5,11,20,22H2,1-2H3,(H,33,39)(H,34,38). The largest absolute Gasteiger partial charge is 0.492 e. The minimum atomic E-state index is -0.393. The summed E-state index contributed by atoms with van der Waals surface area (Å²) in [5.41, 5.74) is 2.64. The second-order valence-electron chi connectivity index (χ2n) is 9.21. The van der Waals surface area contributed by atoms with Crippen LogP contribution >= 0.6 is 0 Å². The molecule has 8 nitrogen and oxygen atoms in total. The van der Waals surface area contributed by atoms with Crippen molar-refractivity contribution in [2.24, 2.45) is 0 Å². The molecule has 0 fully saturated rings. The highest BCUT2D eigenvalue weighted by atomic mass is 19.1. The summed E-state index contributed by atoms with van der Waals surface area (Å²) in [5.74, 6) is 0.219. The van der Waals surface area contributed by atoms with Gasteiger partial charge in [-0.15, -0.1) is 0 Å². The second-order valence-corrected chi connectivity index (χ2v) is 9.21. The second kappa shape index (κ2) is 13.9. The number of rotatable bonds is 12. The number of para-hydroxylation sites is 2. The van der Waals surface area contributed by atoms with E-state index in [0.717, 1.165) is 24.8 Å². The summed E-state index contributed by atoms with van der Waals surface area (Å²) in [6.07, 6.45) is 2.67. The summed E-state index contributed by atoms with van der Waals surface area (Å²) in [6.45, 7) is 4.66. The summed E-state index contributed by atoms with van der Waals surface area (Å²) in [5, 5.41) is 10.5. The fourth-order valence-electron chi connectivity index (χ4n) is 4.21. The molecule has 0 radical (unpaired) electrons. The van der Waals surface area contributed by atoms with Crippen LogP contribution in [0, 0.1) is 5.82 Å². The lowest BCUT2D eigenvalue weighted by atomic mass is 10.1. The maximum atomic E-state index is 13.6. The highest BCUT2D eigenvalue weighted by Gasteiger charge is 2.20. The Kier molecular flexibility index (Phi) is 9.88. The number of hydrogen-bond acceptors (Lipinski definition) is 4. The van der Waals surface area contributed by atoms with Gasteiger partial charge in [0, 0.05) is 18.2 Å². The lowest BCUT2D eigenvalue weighted by molar-refractivity contribution is -0.116. The summed E-state index contributed by atoms with van der Waals surface area (Å²) in [6, 6.07) is 24.0. The predicted molar refractivity (Wildman–Crippen MR) is 155 cm³/mol. The minimum Gasteiger partial charge on any atom is -0.492 e. The molecule has 0 atom stereocenters. The van der Waals surface area contributed by atoms with E-state index in [2.05, 4.69) is 22.7 Å². The predicted octanol–water partition coefficient (Wildman–Crippen LogP) is 6.74. The number of carbonyl (C=O) groups excluding carboxylic acids is 2. The van der Waals surface area contributed by atoms with Crippen LogP contribution in [0.5, 0.6) is 5.75 Å². The highest BCUT2D eigenvalue weighted by Crippen LogP contribution is 2.26. The van der Waals surface area contributed by atoms with Gasteiger partial charge in [-0.1, -0.05) is 62.2 Å². The van der Waals surface area contributed by atoms with Crippen LogP contribution in [0.15, 0.2) is 84.9 Å². The van der Waals surface area contributed by atoms with Crippen LogP contribution in [0.3, 0.4) is 0 Å². The number of ether oxygens (including phenoxy) is 1. The number of anilines is 2. The zero-order chi connectivity index (χ0) is 28.3. The number of halogens is 1. The molecular formula is C31H34FN5O3. The maximum Gasteiger partial charge on any atom is 0.322 e. The van der Waals surface area contributed by atoms with Crippen LogP contribution in [0.25, 0.3) is 16.9 Å². The van der Waals surface area contributed by atoms with Crippen molar-refractivity contribution in [3.63, 3.8) is 0 Å². The molecule has 208 valence electrons. The molecule has 0 aliphatic rings. The smallest absolute Gasteiger partial charge is 0.322 e. The highest BCUT2D eigenvalue weighted by molar-refractivity contribution is 5.97. The van der Waals surface area contributed by atoms with E-state index in [1.165, 1.54) is 17.0 Å². The molecule has 2 N–H and O–H groups in total. The molecule has 3 aromatic carbocycles. The molecule has 4 aromatic rings. The first-order valence-corrected chi connectivity index (χ1v) is 13.5. The lowest BCUT2D eigenvalue weighted by Gasteiger charge is -2.23. The van der Waals surface area contributed by atoms with Gasteiger partial charge in [-0.2, -0.15) is 5.10 Å². The van der Waals surface area contributed by atoms with Gasteiger partial charge < -0.3 is 20.3 Å². The molecule has 0 aliphatic heterocycles. The molecule has 0 aliphatic carbocycles. The number of nitrogens with one attached hydrogen (secondary N) is 2. The molecule has 0 saturated heterocycles. The Morgan fingerprint density at radius 1 is 0.925 bits per heavy atom. The average molecular weight is 544 g/mol. The van der Waals surface area contributed by atoms with E-state index in [-0.39, 0.29) is 18.3 Å². The monoisotopic (exact) mass is 543 g/mol. The van der Waals surface area contributed by atoms with E-state index in [1.807, 2.05) is 49.4 Å². The van der Waals surface area contributed by atoms with Crippen molar-refractivity contribution in [3.8, 4) is 22.7 Å². The van der Waals surface area contributed by atoms with Crippen molar-refractivity contribution in [2.45, 2.75) is 33.1 Å². The Morgan fingerprint density at radius 2 is 1.65 bits per heavy atom. The topological polar surface area (TPSA) is 88.5 Å². The van der Waals surface area contributed by atoms with Crippen molar-refractivity contribution in [1.82, 2.24) is 14.7 Å². The van der Waals surface area contributed by atoms with Gasteiger partial charge in [0.25, 0.3) is 0 Å². The Morgan fingerprint density at radius 3 is 2.38 bits per heavy atom. The first-order chi connectivity index (χ1) is 19.5. The zero-order valence-corrected chi connectivity index (χ0v) is 22.8. The fraction of sp³-hybridized carbons (Fsp3) is 0.258. The number of carbonyl (C=O) groups is 2. The van der Waals surface area contributed by atoms with E-state index in [1.54, 1.807) is 35.0 Å². The number of unbranched alkanes of at least 4 members (excludes halogenated alkanes) is 2. The van der Waals surface area contributed by atoms with Gasteiger partial charge >= 0.3 is 6.03 Å². The molecule has 0 saturated carbocycles. The fourth-order valence-corrected chi connectivity index (χ4v) is 4.21. The molecule has 1 heterocycles. The van der Waals surface area contributed by atoms with E-state index in [4.69, 9.17) is 4.74 Å². The van der Waals surface area contributed by atoms with Gasteiger partial charge in [-0.05, 0) is 49.7 Å². The van der Waals surface area contributed by atoms with Gasteiger partial charge in [0.2, 0.25) is 5.91 Å². The SMILES string of the molecule is CCCCCN(CC(=O)Nc1cc(-c2ccccc2)nn1-c1ccc(F)cc1)C(=O)Nc1ccccc1OCC. The Hall–Kier alpha value is -4.66. The number of nitrogens with zero attached hydrogens (tertiary/aromatic N) is 3. The summed E-state index contributed by atoms with van der Waals surface area (Å²) in [4.78, 5) is 28.1. The third-order valence-corrected chi connectivity index (χ3v) is 6.20. The molecule has 3 amide bonds. The van der Waals surface area contributed by atoms with Crippen molar-refractivity contribution in [3.05, 3.63) is 90.7 Å². The van der Waals surface area contributed by atoms with Gasteiger partial charge in [0.15, 0.2) is 0 Å². The first kappa shape index (κ1) is 28.4. The van der Waals surface area contributed by atoms with Crippen LogP contribution in [0.1, 0.15) is 33.1 Å². The summed E-state index contributed by atoms with van der Waals surface area (Å²) < 4.78 is 20.8.